The van der Waals surface area contributed by atoms with Gasteiger partial charge in [0, 0.05) is 6.54 Å². The monoisotopic (exact) mass is 477 g/mol. The van der Waals surface area contributed by atoms with E-state index >= 15 is 0 Å². The molecule has 7 heteroatoms. The number of carbonyl (C=O) groups is 2. The summed E-state index contributed by atoms with van der Waals surface area (Å²) in [6, 6.07) is 26.4. The highest BCUT2D eigenvalue weighted by atomic mass is 32.2. The number of hydrogen-bond donors (Lipinski definition) is 1. The van der Waals surface area contributed by atoms with Crippen molar-refractivity contribution in [3.05, 3.63) is 108 Å². The van der Waals surface area contributed by atoms with Crippen molar-refractivity contribution in [2.24, 2.45) is 0 Å². The fraction of sp³-hybridized carbons (Fsp3) is 0.259. The molecule has 1 heterocycles. The van der Waals surface area contributed by atoms with Crippen molar-refractivity contribution in [2.75, 3.05) is 12.3 Å². The molecule has 0 radical (unpaired) electrons. The zero-order valence-corrected chi connectivity index (χ0v) is 19.5. The van der Waals surface area contributed by atoms with Crippen LogP contribution in [0.15, 0.2) is 91.0 Å². The van der Waals surface area contributed by atoms with Crippen molar-refractivity contribution in [2.45, 2.75) is 30.1 Å². The first kappa shape index (κ1) is 23.7. The molecular weight excluding hydrogens is 450 g/mol. The summed E-state index contributed by atoms with van der Waals surface area (Å²) in [5, 5.41) is 8.95. The molecule has 2 unspecified atom stereocenters. The van der Waals surface area contributed by atoms with Crippen molar-refractivity contribution in [1.82, 2.24) is 4.90 Å². The van der Waals surface area contributed by atoms with Crippen LogP contribution >= 0.6 is 0 Å². The normalized spacial score (nSPS) is 18.2. The Morgan fingerprint density at radius 2 is 1.35 bits per heavy atom. The lowest BCUT2D eigenvalue weighted by atomic mass is 9.90. The molecule has 3 aromatic rings. The van der Waals surface area contributed by atoms with Crippen LogP contribution in [0.25, 0.3) is 0 Å². The number of aryl methyl sites for hydroxylation is 1. The summed E-state index contributed by atoms with van der Waals surface area (Å²) in [7, 11) is -3.60. The van der Waals surface area contributed by atoms with Gasteiger partial charge in [-0.25, -0.2) is 13.2 Å². The van der Waals surface area contributed by atoms with Gasteiger partial charge < -0.3 is 10.0 Å². The van der Waals surface area contributed by atoms with Crippen molar-refractivity contribution < 1.29 is 23.1 Å². The third-order valence-corrected chi connectivity index (χ3v) is 8.50. The van der Waals surface area contributed by atoms with E-state index in [2.05, 4.69) is 0 Å². The number of hydrogen-bond acceptors (Lipinski definition) is 4. The maximum Gasteiger partial charge on any atom is 0.326 e. The molecule has 0 spiro atoms. The quantitative estimate of drug-likeness (QED) is 0.536. The molecule has 1 saturated heterocycles. The molecule has 0 aliphatic carbocycles. The number of likely N-dealkylation sites (tertiary alicyclic amines) is 1. The molecule has 2 atom stereocenters. The van der Waals surface area contributed by atoms with E-state index in [1.54, 1.807) is 0 Å². The molecule has 1 aliphatic heterocycles. The summed E-state index contributed by atoms with van der Waals surface area (Å²) in [5.41, 5.74) is 2.37. The van der Waals surface area contributed by atoms with E-state index in [1.165, 1.54) is 4.90 Å². The van der Waals surface area contributed by atoms with Gasteiger partial charge in [0.2, 0.25) is 5.91 Å². The third-order valence-electron chi connectivity index (χ3n) is 6.37. The molecule has 1 amide bonds. The van der Waals surface area contributed by atoms with E-state index in [9.17, 15) is 23.1 Å². The number of benzene rings is 3. The first-order valence-corrected chi connectivity index (χ1v) is 13.0. The maximum atomic E-state index is 13.8. The highest BCUT2D eigenvalue weighted by Gasteiger charge is 2.46. The summed E-state index contributed by atoms with van der Waals surface area (Å²) in [6.45, 7) is -0.122. The third kappa shape index (κ3) is 5.20. The van der Waals surface area contributed by atoms with Crippen LogP contribution < -0.4 is 0 Å². The van der Waals surface area contributed by atoms with E-state index in [4.69, 9.17) is 0 Å². The van der Waals surface area contributed by atoms with E-state index in [0.717, 1.165) is 16.7 Å². The number of amides is 1. The van der Waals surface area contributed by atoms with Gasteiger partial charge in [0.1, 0.15) is 6.04 Å². The minimum Gasteiger partial charge on any atom is -0.480 e. The Balaban J connectivity index is 1.60. The molecule has 1 aliphatic rings. The smallest absolute Gasteiger partial charge is 0.326 e. The lowest BCUT2D eigenvalue weighted by Crippen LogP contribution is -2.43. The predicted molar refractivity (Wildman–Crippen MR) is 130 cm³/mol. The zero-order valence-electron chi connectivity index (χ0n) is 18.7. The fourth-order valence-corrected chi connectivity index (χ4v) is 6.26. The Kier molecular flexibility index (Phi) is 7.12. The first-order chi connectivity index (χ1) is 16.4. The summed E-state index contributed by atoms with van der Waals surface area (Å²) < 4.78 is 26.2. The molecule has 3 aromatic carbocycles. The first-order valence-electron chi connectivity index (χ1n) is 11.3. The fourth-order valence-electron chi connectivity index (χ4n) is 4.54. The van der Waals surface area contributed by atoms with Gasteiger partial charge >= 0.3 is 5.97 Å². The molecule has 0 saturated carbocycles. The van der Waals surface area contributed by atoms with Crippen LogP contribution in [-0.2, 0) is 25.8 Å². The number of carboxylic acid groups (broad SMARTS) is 1. The summed E-state index contributed by atoms with van der Waals surface area (Å²) >= 11 is 0. The lowest BCUT2D eigenvalue weighted by molar-refractivity contribution is -0.148. The molecule has 0 bridgehead atoms. The van der Waals surface area contributed by atoms with E-state index < -0.39 is 38.9 Å². The second kappa shape index (κ2) is 10.2. The van der Waals surface area contributed by atoms with Crippen molar-refractivity contribution in [1.29, 1.82) is 0 Å². The van der Waals surface area contributed by atoms with Gasteiger partial charge in [-0.3, -0.25) is 4.79 Å². The number of carboxylic acids is 1. The molecule has 176 valence electrons. The number of rotatable bonds is 8. The Hall–Kier alpha value is -3.45. The number of aliphatic carboxylic acids is 1. The molecular formula is C27H27NO5S. The van der Waals surface area contributed by atoms with Crippen LogP contribution in [0.5, 0.6) is 0 Å². The van der Waals surface area contributed by atoms with Gasteiger partial charge in [-0.05, 0) is 29.5 Å². The topological polar surface area (TPSA) is 91.8 Å². The Morgan fingerprint density at radius 1 is 0.853 bits per heavy atom. The number of nitrogens with zero attached hydrogens (tertiary/aromatic N) is 1. The van der Waals surface area contributed by atoms with Crippen LogP contribution in [0.2, 0.25) is 0 Å². The second-order valence-corrected chi connectivity index (χ2v) is 11.0. The summed E-state index contributed by atoms with van der Waals surface area (Å²) in [4.78, 5) is 27.1. The van der Waals surface area contributed by atoms with Crippen molar-refractivity contribution in [3.63, 3.8) is 0 Å². The Labute approximate surface area is 199 Å². The zero-order chi connectivity index (χ0) is 24.1. The summed E-state index contributed by atoms with van der Waals surface area (Å²) in [5.74, 6) is -2.38. The predicted octanol–water partition coefficient (Wildman–Crippen LogP) is 3.53. The molecule has 0 aromatic heterocycles. The van der Waals surface area contributed by atoms with Crippen LogP contribution in [0.4, 0.5) is 0 Å². The maximum absolute atomic E-state index is 13.8. The molecule has 1 N–H and O–H groups in total. The van der Waals surface area contributed by atoms with Gasteiger partial charge in [-0.2, -0.15) is 0 Å². The minimum atomic E-state index is -3.60. The standard InChI is InChI=1S/C27H27NO5S/c29-26(25(21-12-6-2-7-13-21)22-14-8-3-9-15-22)28-19-23(18-24(28)27(30)31)34(32,33)17-16-20-10-4-1-5-11-20/h1-15,23-25H,16-19H2,(H,30,31). The highest BCUT2D eigenvalue weighted by molar-refractivity contribution is 7.92. The van der Waals surface area contributed by atoms with E-state index in [0.29, 0.717) is 6.42 Å². The van der Waals surface area contributed by atoms with Gasteiger partial charge in [0.05, 0.1) is 16.9 Å². The molecule has 1 fully saturated rings. The van der Waals surface area contributed by atoms with Crippen LogP contribution in [0, 0.1) is 0 Å². The van der Waals surface area contributed by atoms with Gasteiger partial charge in [0.15, 0.2) is 9.84 Å². The minimum absolute atomic E-state index is 0.0865. The Morgan fingerprint density at radius 3 is 1.85 bits per heavy atom. The average Bonchev–Trinajstić information content (AvgIpc) is 3.32. The van der Waals surface area contributed by atoms with Crippen LogP contribution in [0.1, 0.15) is 29.0 Å². The van der Waals surface area contributed by atoms with E-state index in [-0.39, 0.29) is 18.7 Å². The van der Waals surface area contributed by atoms with Gasteiger partial charge in [-0.15, -0.1) is 0 Å². The summed E-state index contributed by atoms with van der Waals surface area (Å²) in [6.07, 6.45) is 0.247. The van der Waals surface area contributed by atoms with Gasteiger partial charge in [0.25, 0.3) is 0 Å². The highest BCUT2D eigenvalue weighted by Crippen LogP contribution is 2.32. The number of carbonyl (C=O) groups excluding carboxylic acids is 1. The average molecular weight is 478 g/mol. The molecule has 6 nitrogen and oxygen atoms in total. The Bertz CT molecular complexity index is 1190. The molecule has 4 rings (SSSR count). The van der Waals surface area contributed by atoms with Crippen LogP contribution in [-0.4, -0.2) is 53.9 Å². The largest absolute Gasteiger partial charge is 0.480 e. The van der Waals surface area contributed by atoms with Crippen LogP contribution in [0.3, 0.4) is 0 Å². The SMILES string of the molecule is O=C(O)C1CC(S(=O)(=O)CCc2ccccc2)CN1C(=O)C(c1ccccc1)c1ccccc1. The van der Waals surface area contributed by atoms with E-state index in [1.807, 2.05) is 91.0 Å². The molecule has 34 heavy (non-hydrogen) atoms. The van der Waals surface area contributed by atoms with Crippen molar-refractivity contribution in [3.8, 4) is 0 Å². The van der Waals surface area contributed by atoms with Crippen molar-refractivity contribution >= 4 is 21.7 Å². The lowest BCUT2D eigenvalue weighted by Gasteiger charge is -2.27. The number of sulfone groups is 1. The van der Waals surface area contributed by atoms with Gasteiger partial charge in [-0.1, -0.05) is 91.0 Å². The second-order valence-electron chi connectivity index (χ2n) is 8.56.